The van der Waals surface area contributed by atoms with Gasteiger partial charge in [-0.2, -0.15) is 0 Å². The van der Waals surface area contributed by atoms with Crippen molar-refractivity contribution in [2.75, 3.05) is 0 Å². The van der Waals surface area contributed by atoms with Crippen LogP contribution in [-0.4, -0.2) is 5.91 Å². The Morgan fingerprint density at radius 1 is 1.30 bits per heavy atom. The summed E-state index contributed by atoms with van der Waals surface area (Å²) in [6, 6.07) is 5.70. The molecule has 0 bridgehead atoms. The predicted molar refractivity (Wildman–Crippen MR) is 75.3 cm³/mol. The minimum Gasteiger partial charge on any atom is -0.485 e. The zero-order valence-electron chi connectivity index (χ0n) is 11.8. The Morgan fingerprint density at radius 3 is 2.70 bits per heavy atom. The van der Waals surface area contributed by atoms with Crippen LogP contribution in [0.1, 0.15) is 32.8 Å². The van der Waals surface area contributed by atoms with E-state index in [9.17, 15) is 4.79 Å². The molecule has 1 aromatic heterocycles. The highest BCUT2D eigenvalue weighted by molar-refractivity contribution is 5.93. The number of amides is 1. The molecular formula is C15H18N2O3. The van der Waals surface area contributed by atoms with Crippen molar-refractivity contribution >= 4 is 5.91 Å². The Balaban J connectivity index is 2.11. The van der Waals surface area contributed by atoms with Crippen LogP contribution in [0.3, 0.4) is 0 Å². The third-order valence-corrected chi connectivity index (χ3v) is 3.28. The van der Waals surface area contributed by atoms with Crippen molar-refractivity contribution in [3.8, 4) is 5.75 Å². The van der Waals surface area contributed by atoms with E-state index in [0.717, 1.165) is 16.9 Å². The lowest BCUT2D eigenvalue weighted by Gasteiger charge is -2.12. The van der Waals surface area contributed by atoms with Gasteiger partial charge in [-0.1, -0.05) is 12.1 Å². The van der Waals surface area contributed by atoms with E-state index in [0.29, 0.717) is 11.3 Å². The molecular weight excluding hydrogens is 256 g/mol. The van der Waals surface area contributed by atoms with E-state index >= 15 is 0 Å². The van der Waals surface area contributed by atoms with Crippen molar-refractivity contribution in [2.24, 2.45) is 5.84 Å². The smallest absolute Gasteiger partial charge is 0.268 e. The first-order chi connectivity index (χ1) is 9.52. The Hall–Kier alpha value is -2.27. The van der Waals surface area contributed by atoms with Gasteiger partial charge in [0.25, 0.3) is 5.91 Å². The standard InChI is InChI=1S/C15H18N2O3/c1-9-4-5-10(2)14(11(9)3)20-8-13-6-12(7-19-13)15(18)17-16/h4-7H,8,16H2,1-3H3,(H,17,18). The molecule has 0 aliphatic rings. The molecule has 20 heavy (non-hydrogen) atoms. The Kier molecular flexibility index (Phi) is 4.10. The van der Waals surface area contributed by atoms with Crippen molar-refractivity contribution in [3.05, 3.63) is 52.5 Å². The van der Waals surface area contributed by atoms with Gasteiger partial charge in [0, 0.05) is 0 Å². The Bertz CT molecular complexity index is 632. The van der Waals surface area contributed by atoms with E-state index in [4.69, 9.17) is 15.0 Å². The summed E-state index contributed by atoms with van der Waals surface area (Å²) in [5, 5.41) is 0. The number of carbonyl (C=O) groups excluding carboxylic acids is 1. The van der Waals surface area contributed by atoms with Crippen LogP contribution in [0.5, 0.6) is 5.75 Å². The Morgan fingerprint density at radius 2 is 2.00 bits per heavy atom. The van der Waals surface area contributed by atoms with E-state index < -0.39 is 0 Å². The van der Waals surface area contributed by atoms with Crippen molar-refractivity contribution in [1.82, 2.24) is 5.43 Å². The summed E-state index contributed by atoms with van der Waals surface area (Å²) >= 11 is 0. The highest BCUT2D eigenvalue weighted by Crippen LogP contribution is 2.26. The summed E-state index contributed by atoms with van der Waals surface area (Å²) in [6.07, 6.45) is 1.36. The molecule has 5 heteroatoms. The molecule has 0 atom stereocenters. The van der Waals surface area contributed by atoms with E-state index in [2.05, 4.69) is 11.5 Å². The second kappa shape index (κ2) is 5.79. The molecule has 3 N–H and O–H groups in total. The topological polar surface area (TPSA) is 77.5 Å². The monoisotopic (exact) mass is 274 g/mol. The summed E-state index contributed by atoms with van der Waals surface area (Å²) in [4.78, 5) is 11.3. The van der Waals surface area contributed by atoms with E-state index in [-0.39, 0.29) is 12.5 Å². The molecule has 2 aromatic rings. The summed E-state index contributed by atoms with van der Waals surface area (Å²) < 4.78 is 11.1. The van der Waals surface area contributed by atoms with Crippen molar-refractivity contribution < 1.29 is 13.9 Å². The fourth-order valence-corrected chi connectivity index (χ4v) is 1.95. The largest absolute Gasteiger partial charge is 0.485 e. The summed E-state index contributed by atoms with van der Waals surface area (Å²) in [7, 11) is 0. The van der Waals surface area contributed by atoms with Crippen LogP contribution in [-0.2, 0) is 6.61 Å². The predicted octanol–water partition coefficient (Wildman–Crippen LogP) is 2.39. The summed E-state index contributed by atoms with van der Waals surface area (Å²) in [6.45, 7) is 6.32. The maximum atomic E-state index is 11.3. The first kappa shape index (κ1) is 14.1. The number of nitrogens with two attached hydrogens (primary N) is 1. The second-order valence-corrected chi connectivity index (χ2v) is 4.72. The van der Waals surface area contributed by atoms with Crippen LogP contribution >= 0.6 is 0 Å². The number of rotatable bonds is 4. The number of benzene rings is 1. The number of aryl methyl sites for hydroxylation is 2. The van der Waals surface area contributed by atoms with Gasteiger partial charge in [0.1, 0.15) is 24.4 Å². The lowest BCUT2D eigenvalue weighted by Crippen LogP contribution is -2.29. The lowest BCUT2D eigenvalue weighted by atomic mass is 10.1. The van der Waals surface area contributed by atoms with Gasteiger partial charge < -0.3 is 9.15 Å². The molecule has 0 aliphatic heterocycles. The van der Waals surface area contributed by atoms with Gasteiger partial charge >= 0.3 is 0 Å². The number of hydrazine groups is 1. The van der Waals surface area contributed by atoms with Gasteiger partial charge in [-0.25, -0.2) is 5.84 Å². The van der Waals surface area contributed by atoms with Gasteiger partial charge in [0.05, 0.1) is 5.56 Å². The van der Waals surface area contributed by atoms with E-state index in [1.165, 1.54) is 11.8 Å². The van der Waals surface area contributed by atoms with Crippen molar-refractivity contribution in [1.29, 1.82) is 0 Å². The third kappa shape index (κ3) is 2.83. The van der Waals surface area contributed by atoms with E-state index in [1.807, 2.05) is 26.8 Å². The molecule has 0 spiro atoms. The van der Waals surface area contributed by atoms with Crippen molar-refractivity contribution in [3.63, 3.8) is 0 Å². The fraction of sp³-hybridized carbons (Fsp3) is 0.267. The molecule has 0 saturated carbocycles. The molecule has 106 valence electrons. The van der Waals surface area contributed by atoms with Gasteiger partial charge in [-0.05, 0) is 43.5 Å². The molecule has 0 fully saturated rings. The zero-order chi connectivity index (χ0) is 14.7. The maximum absolute atomic E-state index is 11.3. The zero-order valence-corrected chi connectivity index (χ0v) is 11.8. The first-order valence-electron chi connectivity index (χ1n) is 6.31. The number of nitrogen functional groups attached to an aromatic ring is 1. The number of hydrogen-bond acceptors (Lipinski definition) is 4. The molecule has 0 radical (unpaired) electrons. The third-order valence-electron chi connectivity index (χ3n) is 3.28. The van der Waals surface area contributed by atoms with Crippen LogP contribution in [0.4, 0.5) is 0 Å². The van der Waals surface area contributed by atoms with Crippen LogP contribution < -0.4 is 16.0 Å². The quantitative estimate of drug-likeness (QED) is 0.510. The molecule has 2 rings (SSSR count). The van der Waals surface area contributed by atoms with Crippen LogP contribution in [0.25, 0.3) is 0 Å². The fourth-order valence-electron chi connectivity index (χ4n) is 1.95. The van der Waals surface area contributed by atoms with Gasteiger partial charge in [-0.15, -0.1) is 0 Å². The number of ether oxygens (including phenoxy) is 1. The minimum absolute atomic E-state index is 0.267. The number of carbonyl (C=O) groups is 1. The van der Waals surface area contributed by atoms with E-state index in [1.54, 1.807) is 6.07 Å². The molecule has 5 nitrogen and oxygen atoms in total. The SMILES string of the molecule is Cc1ccc(C)c(OCc2cc(C(=O)NN)co2)c1C. The maximum Gasteiger partial charge on any atom is 0.268 e. The lowest BCUT2D eigenvalue weighted by molar-refractivity contribution is 0.0953. The molecule has 0 aliphatic carbocycles. The number of hydrogen-bond donors (Lipinski definition) is 2. The van der Waals surface area contributed by atoms with Crippen LogP contribution in [0.15, 0.2) is 28.9 Å². The molecule has 1 aromatic carbocycles. The number of nitrogens with one attached hydrogen (secondary N) is 1. The van der Waals surface area contributed by atoms with Crippen molar-refractivity contribution in [2.45, 2.75) is 27.4 Å². The van der Waals surface area contributed by atoms with Crippen LogP contribution in [0.2, 0.25) is 0 Å². The average Bonchev–Trinajstić information content (AvgIpc) is 2.91. The molecule has 1 amide bonds. The summed E-state index contributed by atoms with van der Waals surface area (Å²) in [5.74, 6) is 6.10. The second-order valence-electron chi connectivity index (χ2n) is 4.72. The van der Waals surface area contributed by atoms with Gasteiger partial charge in [0.2, 0.25) is 0 Å². The normalized spacial score (nSPS) is 10.4. The van der Waals surface area contributed by atoms with Gasteiger partial charge in [0.15, 0.2) is 0 Å². The minimum atomic E-state index is -0.386. The highest BCUT2D eigenvalue weighted by Gasteiger charge is 2.11. The van der Waals surface area contributed by atoms with Crippen LogP contribution in [0, 0.1) is 20.8 Å². The average molecular weight is 274 g/mol. The number of furan rings is 1. The molecule has 0 unspecified atom stereocenters. The highest BCUT2D eigenvalue weighted by atomic mass is 16.5. The first-order valence-corrected chi connectivity index (χ1v) is 6.31. The molecule has 1 heterocycles. The summed E-state index contributed by atoms with van der Waals surface area (Å²) in [5.41, 5.74) is 5.78. The Labute approximate surface area is 117 Å². The van der Waals surface area contributed by atoms with Gasteiger partial charge in [-0.3, -0.25) is 10.2 Å². The molecule has 0 saturated heterocycles.